The summed E-state index contributed by atoms with van der Waals surface area (Å²) in [4.78, 5) is 22.7. The standard InChI is InChI=1S/C44H47N3O8S/c1-25-43(56-24-45-25)44(49)53-23-33-31-14-16-47(3)35-18-27-9-12-36(50-4)38(19-27)54-30-10-7-26(8-11-30)17-34-32-21-37(29(22-48)20-28(32)13-15-46(34)2)55-41(39(31)35)42(52-6)40(33)51-5/h7-12,19-21,24,34-35,48H,13-18,22-23H2,1-6H3/t34-,35-/m0/s1. The van der Waals surface area contributed by atoms with Crippen LogP contribution >= 0.6 is 11.3 Å². The van der Waals surface area contributed by atoms with Crippen molar-refractivity contribution in [2.45, 2.75) is 57.9 Å². The van der Waals surface area contributed by atoms with Crippen molar-refractivity contribution >= 4 is 17.3 Å². The van der Waals surface area contributed by atoms with Crippen LogP contribution in [0.3, 0.4) is 0 Å². The Labute approximate surface area is 331 Å². The third-order valence-corrected chi connectivity index (χ3v) is 12.4. The van der Waals surface area contributed by atoms with Gasteiger partial charge in [0.25, 0.3) is 0 Å². The first-order valence-electron chi connectivity index (χ1n) is 18.9. The molecule has 0 saturated carbocycles. The first-order chi connectivity index (χ1) is 27.2. The monoisotopic (exact) mass is 777 g/mol. The molecular weight excluding hydrogens is 731 g/mol. The summed E-state index contributed by atoms with van der Waals surface area (Å²) >= 11 is 1.25. The molecule has 292 valence electrons. The number of likely N-dealkylation sites (N-methyl/N-ethyl adjacent to an activating group) is 2. The number of methoxy groups -OCH3 is 3. The Balaban J connectivity index is 1.35. The molecule has 11 nitrogen and oxygen atoms in total. The number of ether oxygens (including phenoxy) is 6. The van der Waals surface area contributed by atoms with Gasteiger partial charge in [-0.05, 0) is 111 Å². The molecular formula is C44H47N3O8S. The van der Waals surface area contributed by atoms with Crippen molar-refractivity contribution in [3.05, 3.63) is 115 Å². The number of benzene rings is 4. The maximum Gasteiger partial charge on any atom is 0.350 e. The molecule has 9 rings (SSSR count). The summed E-state index contributed by atoms with van der Waals surface area (Å²) in [6.45, 7) is 3.17. The quantitative estimate of drug-likeness (QED) is 0.164. The fourth-order valence-electron chi connectivity index (χ4n) is 8.41. The molecule has 1 N–H and O–H groups in total. The van der Waals surface area contributed by atoms with Crippen LogP contribution in [0.2, 0.25) is 0 Å². The molecule has 0 amide bonds. The van der Waals surface area contributed by atoms with Crippen LogP contribution in [-0.4, -0.2) is 74.4 Å². The number of aliphatic hydroxyl groups is 1. The van der Waals surface area contributed by atoms with Crippen LogP contribution in [0.5, 0.6) is 40.2 Å². The van der Waals surface area contributed by atoms with Crippen molar-refractivity contribution in [1.82, 2.24) is 14.8 Å². The summed E-state index contributed by atoms with van der Waals surface area (Å²) in [5.41, 5.74) is 10.1. The van der Waals surface area contributed by atoms with E-state index in [0.717, 1.165) is 59.5 Å². The summed E-state index contributed by atoms with van der Waals surface area (Å²) in [6, 6.07) is 18.4. The van der Waals surface area contributed by atoms with Crippen molar-refractivity contribution in [1.29, 1.82) is 0 Å². The minimum atomic E-state index is -0.445. The first-order valence-corrected chi connectivity index (χ1v) is 19.7. The van der Waals surface area contributed by atoms with Crippen molar-refractivity contribution in [2.75, 3.05) is 48.5 Å². The first kappa shape index (κ1) is 37.8. The summed E-state index contributed by atoms with van der Waals surface area (Å²) < 4.78 is 37.7. The van der Waals surface area contributed by atoms with Gasteiger partial charge in [-0.1, -0.05) is 18.2 Å². The predicted molar refractivity (Wildman–Crippen MR) is 213 cm³/mol. The van der Waals surface area contributed by atoms with Crippen LogP contribution < -0.4 is 23.7 Å². The van der Waals surface area contributed by atoms with Crippen molar-refractivity contribution in [3.63, 3.8) is 0 Å². The molecule has 56 heavy (non-hydrogen) atoms. The van der Waals surface area contributed by atoms with Gasteiger partial charge < -0.3 is 33.5 Å². The Bertz CT molecular complexity index is 2270. The largest absolute Gasteiger partial charge is 0.493 e. The normalized spacial score (nSPS) is 17.8. The highest BCUT2D eigenvalue weighted by Crippen LogP contribution is 2.53. The van der Waals surface area contributed by atoms with E-state index in [1.807, 2.05) is 24.3 Å². The van der Waals surface area contributed by atoms with Gasteiger partial charge >= 0.3 is 5.97 Å². The third-order valence-electron chi connectivity index (χ3n) is 11.5. The maximum atomic E-state index is 13.3. The highest BCUT2D eigenvalue weighted by molar-refractivity contribution is 7.11. The van der Waals surface area contributed by atoms with Crippen LogP contribution in [0.25, 0.3) is 0 Å². The van der Waals surface area contributed by atoms with E-state index in [0.29, 0.717) is 63.5 Å². The van der Waals surface area contributed by atoms with E-state index in [9.17, 15) is 9.90 Å². The molecule has 5 aromatic rings. The highest BCUT2D eigenvalue weighted by atomic mass is 32.1. The Morgan fingerprint density at radius 2 is 1.61 bits per heavy atom. The number of hydrogen-bond acceptors (Lipinski definition) is 12. The maximum absolute atomic E-state index is 13.3. The molecule has 6 bridgehead atoms. The van der Waals surface area contributed by atoms with Gasteiger partial charge in [-0.25, -0.2) is 9.78 Å². The second-order valence-electron chi connectivity index (χ2n) is 14.7. The highest BCUT2D eigenvalue weighted by Gasteiger charge is 2.37. The number of esters is 1. The molecule has 0 saturated heterocycles. The van der Waals surface area contributed by atoms with Gasteiger partial charge in [0, 0.05) is 41.9 Å². The lowest BCUT2D eigenvalue weighted by atomic mass is 9.84. The average molecular weight is 778 g/mol. The number of hydrogen-bond donors (Lipinski definition) is 1. The molecule has 4 aromatic carbocycles. The summed E-state index contributed by atoms with van der Waals surface area (Å²) in [5.74, 6) is 3.40. The van der Waals surface area contributed by atoms with Crippen LogP contribution in [0.4, 0.5) is 0 Å². The number of nitrogens with zero attached hydrogens (tertiary/aromatic N) is 3. The fraction of sp³-hybridized carbons (Fsp3) is 0.364. The Morgan fingerprint density at radius 1 is 0.875 bits per heavy atom. The van der Waals surface area contributed by atoms with E-state index in [1.165, 1.54) is 22.5 Å². The number of rotatable bonds is 7. The topological polar surface area (TPSA) is 112 Å². The van der Waals surface area contributed by atoms with E-state index in [-0.39, 0.29) is 25.3 Å². The molecule has 1 aromatic heterocycles. The number of aliphatic hydroxyl groups excluding tert-OH is 1. The molecule has 2 atom stereocenters. The Hall–Kier alpha value is -5.14. The third kappa shape index (κ3) is 6.95. The predicted octanol–water partition coefficient (Wildman–Crippen LogP) is 7.77. The lowest BCUT2D eigenvalue weighted by Gasteiger charge is -2.38. The zero-order chi connectivity index (χ0) is 39.1. The van der Waals surface area contributed by atoms with Gasteiger partial charge in [-0.15, -0.1) is 11.3 Å². The Kier molecular flexibility index (Phi) is 10.6. The lowest BCUT2D eigenvalue weighted by Crippen LogP contribution is -2.35. The second kappa shape index (κ2) is 15.8. The fourth-order valence-corrected chi connectivity index (χ4v) is 9.11. The molecule has 0 fully saturated rings. The van der Waals surface area contributed by atoms with Crippen molar-refractivity contribution < 1.29 is 38.3 Å². The minimum Gasteiger partial charge on any atom is -0.493 e. The number of thiazole rings is 1. The molecule has 4 aliphatic heterocycles. The summed E-state index contributed by atoms with van der Waals surface area (Å²) in [7, 11) is 9.09. The SMILES string of the molecule is COc1ccc2cc1Oc1ccc(cc1)C[C@H]1c3cc(c(CO)cc3CCN1C)Oc1c(OC)c(OC)c(COC(=O)c3scnc3C)c3c1[C@H](C2)N(C)CC3. The zero-order valence-electron chi connectivity index (χ0n) is 32.6. The van der Waals surface area contributed by atoms with Gasteiger partial charge in [-0.3, -0.25) is 9.80 Å². The molecule has 5 heterocycles. The molecule has 0 aliphatic carbocycles. The van der Waals surface area contributed by atoms with Crippen LogP contribution in [0.15, 0.2) is 60.1 Å². The van der Waals surface area contributed by atoms with Crippen molar-refractivity contribution in [2.24, 2.45) is 0 Å². The molecule has 0 spiro atoms. The summed E-state index contributed by atoms with van der Waals surface area (Å²) in [5, 5.41) is 10.8. The lowest BCUT2D eigenvalue weighted by molar-refractivity contribution is 0.0472. The van der Waals surface area contributed by atoms with Crippen LogP contribution in [-0.2, 0) is 43.6 Å². The van der Waals surface area contributed by atoms with Gasteiger partial charge in [-0.2, -0.15) is 0 Å². The van der Waals surface area contributed by atoms with Gasteiger partial charge in [0.05, 0.1) is 39.1 Å². The van der Waals surface area contributed by atoms with Crippen LogP contribution in [0, 0.1) is 6.92 Å². The second-order valence-corrected chi connectivity index (χ2v) is 15.5. The van der Waals surface area contributed by atoms with E-state index in [1.54, 1.807) is 33.8 Å². The smallest absolute Gasteiger partial charge is 0.350 e. The molecule has 12 heteroatoms. The average Bonchev–Trinajstić information content (AvgIpc) is 3.65. The van der Waals surface area contributed by atoms with Crippen molar-refractivity contribution in [3.8, 4) is 40.2 Å². The molecule has 4 aliphatic rings. The van der Waals surface area contributed by atoms with E-state index < -0.39 is 5.97 Å². The number of aryl methyl sites for hydroxylation is 1. The minimum absolute atomic E-state index is 0.0392. The van der Waals surface area contributed by atoms with E-state index in [2.05, 4.69) is 59.2 Å². The van der Waals surface area contributed by atoms with E-state index >= 15 is 0 Å². The molecule has 0 radical (unpaired) electrons. The molecule has 0 unspecified atom stereocenters. The van der Waals surface area contributed by atoms with Gasteiger partial charge in [0.15, 0.2) is 23.0 Å². The number of fused-ring (bicyclic) bond motifs is 2. The van der Waals surface area contributed by atoms with Gasteiger partial charge in [0.2, 0.25) is 5.75 Å². The van der Waals surface area contributed by atoms with Gasteiger partial charge in [0.1, 0.15) is 23.0 Å². The number of carbonyl (C=O) groups excluding carboxylic acids is 1. The van der Waals surface area contributed by atoms with Crippen LogP contribution in [0.1, 0.15) is 72.0 Å². The zero-order valence-corrected chi connectivity index (χ0v) is 33.5. The Morgan fingerprint density at radius 3 is 2.32 bits per heavy atom. The summed E-state index contributed by atoms with van der Waals surface area (Å²) in [6.07, 6.45) is 2.85. The number of aromatic nitrogens is 1. The number of carbonyl (C=O) groups is 1. The van der Waals surface area contributed by atoms with E-state index in [4.69, 9.17) is 28.4 Å².